The average Bonchev–Trinajstić information content (AvgIpc) is 3.47. The topological polar surface area (TPSA) is 104 Å². The van der Waals surface area contributed by atoms with Crippen LogP contribution in [0.15, 0.2) is 76.5 Å². The lowest BCUT2D eigenvalue weighted by Gasteiger charge is -2.23. The smallest absolute Gasteiger partial charge is 0.243 e. The van der Waals surface area contributed by atoms with Crippen molar-refractivity contribution in [2.75, 3.05) is 26.2 Å². The highest BCUT2D eigenvalue weighted by Gasteiger charge is 2.29. The molecule has 3 aromatic rings. The molecule has 1 saturated heterocycles. The van der Waals surface area contributed by atoms with Crippen molar-refractivity contribution in [3.63, 3.8) is 0 Å². The number of halogens is 3. The van der Waals surface area contributed by atoms with Crippen LogP contribution in [0.2, 0.25) is 15.1 Å². The van der Waals surface area contributed by atoms with Gasteiger partial charge in [0, 0.05) is 46.8 Å². The quantitative estimate of drug-likeness (QED) is 0.317. The van der Waals surface area contributed by atoms with Crippen LogP contribution < -0.4 is 5.32 Å². The van der Waals surface area contributed by atoms with Crippen molar-refractivity contribution in [3.8, 4) is 0 Å². The number of amides is 1. The highest BCUT2D eigenvalue weighted by Crippen LogP contribution is 2.28. The maximum absolute atomic E-state index is 13.5. The molecule has 0 aromatic heterocycles. The van der Waals surface area contributed by atoms with Crippen molar-refractivity contribution in [1.82, 2.24) is 13.9 Å². The fourth-order valence-corrected chi connectivity index (χ4v) is 7.83. The van der Waals surface area contributed by atoms with Crippen LogP contribution in [0, 0.1) is 0 Å². The van der Waals surface area contributed by atoms with Gasteiger partial charge in [-0.15, -0.1) is 0 Å². The number of nitrogens with zero attached hydrogens (tertiary/aromatic N) is 2. The predicted molar refractivity (Wildman–Crippen MR) is 157 cm³/mol. The van der Waals surface area contributed by atoms with E-state index < -0.39 is 32.5 Å². The molecule has 1 aliphatic rings. The Labute approximate surface area is 249 Å². The Morgan fingerprint density at radius 2 is 1.40 bits per heavy atom. The summed E-state index contributed by atoms with van der Waals surface area (Å²) in [6.07, 6.45) is 2.15. The van der Waals surface area contributed by atoms with Crippen LogP contribution in [0.25, 0.3) is 0 Å². The molecule has 1 fully saturated rings. The molecular formula is C27H28Cl3N3O5S2. The molecule has 13 heteroatoms. The van der Waals surface area contributed by atoms with Gasteiger partial charge in [0.2, 0.25) is 26.0 Å². The summed E-state index contributed by atoms with van der Waals surface area (Å²) in [5.41, 5.74) is 1.20. The van der Waals surface area contributed by atoms with Gasteiger partial charge in [0.1, 0.15) is 0 Å². The molecule has 3 aromatic carbocycles. The monoisotopic (exact) mass is 643 g/mol. The second-order valence-corrected chi connectivity index (χ2v) is 14.4. The van der Waals surface area contributed by atoms with Crippen molar-refractivity contribution in [2.24, 2.45) is 0 Å². The summed E-state index contributed by atoms with van der Waals surface area (Å²) in [6, 6.07) is 17.0. The van der Waals surface area contributed by atoms with E-state index in [9.17, 15) is 21.6 Å². The highest BCUT2D eigenvalue weighted by atomic mass is 35.5. The number of rotatable bonds is 11. The standard InChI is InChI=1S/C27H28Cl3N3O5S2/c28-21-8-12-23(13-9-21)40(37,38)33(18-24-25(29)4-3-5-26(24)30)19-27(34)31-15-14-20-6-10-22(11-7-20)39(35,36)32-16-1-2-17-32/h3-13H,1-2,14-19H2,(H,31,34). The lowest BCUT2D eigenvalue weighted by molar-refractivity contribution is -0.121. The van der Waals surface area contributed by atoms with Crippen LogP contribution in [0.4, 0.5) is 0 Å². The molecule has 0 unspecified atom stereocenters. The summed E-state index contributed by atoms with van der Waals surface area (Å²) in [6.45, 7) is 0.592. The molecule has 4 rings (SSSR count). The molecule has 0 spiro atoms. The van der Waals surface area contributed by atoms with E-state index in [-0.39, 0.29) is 32.9 Å². The van der Waals surface area contributed by atoms with Gasteiger partial charge >= 0.3 is 0 Å². The second-order valence-electron chi connectivity index (χ2n) is 9.28. The molecule has 8 nitrogen and oxygen atoms in total. The van der Waals surface area contributed by atoms with Gasteiger partial charge < -0.3 is 5.32 Å². The van der Waals surface area contributed by atoms with E-state index in [1.165, 1.54) is 28.6 Å². The Balaban J connectivity index is 1.42. The van der Waals surface area contributed by atoms with Crippen LogP contribution in [0.3, 0.4) is 0 Å². The summed E-state index contributed by atoms with van der Waals surface area (Å²) in [7, 11) is -7.61. The van der Waals surface area contributed by atoms with Crippen molar-refractivity contribution >= 4 is 60.8 Å². The van der Waals surface area contributed by atoms with E-state index in [2.05, 4.69) is 5.32 Å². The van der Waals surface area contributed by atoms with Gasteiger partial charge in [-0.3, -0.25) is 4.79 Å². The SMILES string of the molecule is O=C(CN(Cc1c(Cl)cccc1Cl)S(=O)(=O)c1ccc(Cl)cc1)NCCc1ccc(S(=O)(=O)N2CCCC2)cc1. The molecular weight excluding hydrogens is 617 g/mol. The fourth-order valence-electron chi connectivity index (χ4n) is 4.31. The molecule has 1 aliphatic heterocycles. The number of carbonyl (C=O) groups excluding carboxylic acids is 1. The normalized spacial score (nSPS) is 14.5. The Bertz CT molecular complexity index is 1540. The minimum absolute atomic E-state index is 0.0307. The van der Waals surface area contributed by atoms with Gasteiger partial charge in [-0.25, -0.2) is 16.8 Å². The molecule has 0 saturated carbocycles. The molecule has 1 amide bonds. The molecule has 0 radical (unpaired) electrons. The van der Waals surface area contributed by atoms with Gasteiger partial charge in [0.25, 0.3) is 0 Å². The second kappa shape index (κ2) is 13.2. The molecule has 40 heavy (non-hydrogen) atoms. The zero-order chi connectivity index (χ0) is 28.9. The van der Waals surface area contributed by atoms with Crippen LogP contribution in [0.5, 0.6) is 0 Å². The first-order valence-corrected chi connectivity index (χ1v) is 16.5. The lowest BCUT2D eigenvalue weighted by atomic mass is 10.1. The number of benzene rings is 3. The molecule has 0 atom stereocenters. The Hall–Kier alpha value is -2.18. The zero-order valence-electron chi connectivity index (χ0n) is 21.4. The summed E-state index contributed by atoms with van der Waals surface area (Å²) in [4.78, 5) is 13.1. The van der Waals surface area contributed by atoms with E-state index in [0.29, 0.717) is 30.1 Å². The minimum Gasteiger partial charge on any atom is -0.355 e. The van der Waals surface area contributed by atoms with Crippen molar-refractivity contribution in [2.45, 2.75) is 35.6 Å². The minimum atomic E-state index is -4.11. The molecule has 0 aliphatic carbocycles. The third-order valence-electron chi connectivity index (χ3n) is 6.53. The zero-order valence-corrected chi connectivity index (χ0v) is 25.3. The van der Waals surface area contributed by atoms with Crippen molar-refractivity contribution in [3.05, 3.63) is 92.9 Å². The number of nitrogens with one attached hydrogen (secondary N) is 1. The maximum atomic E-state index is 13.5. The Morgan fingerprint density at radius 3 is 2.00 bits per heavy atom. The Kier molecular flexibility index (Phi) is 10.2. The first-order valence-electron chi connectivity index (χ1n) is 12.5. The van der Waals surface area contributed by atoms with E-state index >= 15 is 0 Å². The van der Waals surface area contributed by atoms with E-state index in [1.54, 1.807) is 42.5 Å². The number of hydrogen-bond acceptors (Lipinski definition) is 5. The summed E-state index contributed by atoms with van der Waals surface area (Å²) < 4.78 is 54.9. The highest BCUT2D eigenvalue weighted by molar-refractivity contribution is 7.89. The van der Waals surface area contributed by atoms with E-state index in [0.717, 1.165) is 22.7 Å². The van der Waals surface area contributed by atoms with Gasteiger partial charge in [0.05, 0.1) is 16.3 Å². The molecule has 0 bridgehead atoms. The fraction of sp³-hybridized carbons (Fsp3) is 0.296. The largest absolute Gasteiger partial charge is 0.355 e. The van der Waals surface area contributed by atoms with Crippen molar-refractivity contribution in [1.29, 1.82) is 0 Å². The van der Waals surface area contributed by atoms with Crippen LogP contribution in [0.1, 0.15) is 24.0 Å². The van der Waals surface area contributed by atoms with Gasteiger partial charge in [-0.1, -0.05) is 53.0 Å². The van der Waals surface area contributed by atoms with E-state index in [1.807, 2.05) is 0 Å². The van der Waals surface area contributed by atoms with Crippen LogP contribution >= 0.6 is 34.8 Å². The lowest BCUT2D eigenvalue weighted by Crippen LogP contribution is -2.41. The van der Waals surface area contributed by atoms with E-state index in [4.69, 9.17) is 34.8 Å². The number of sulfonamides is 2. The summed E-state index contributed by atoms with van der Waals surface area (Å²) in [5.74, 6) is -0.519. The third-order valence-corrected chi connectivity index (χ3v) is 11.2. The number of hydrogen-bond donors (Lipinski definition) is 1. The van der Waals surface area contributed by atoms with Crippen molar-refractivity contribution < 1.29 is 21.6 Å². The van der Waals surface area contributed by atoms with Crippen LogP contribution in [-0.4, -0.2) is 57.5 Å². The maximum Gasteiger partial charge on any atom is 0.243 e. The average molecular weight is 645 g/mol. The van der Waals surface area contributed by atoms with Crippen LogP contribution in [-0.2, 0) is 37.8 Å². The number of carbonyl (C=O) groups is 1. The van der Waals surface area contributed by atoms with Gasteiger partial charge in [-0.05, 0) is 73.4 Å². The summed E-state index contributed by atoms with van der Waals surface area (Å²) >= 11 is 18.5. The molecule has 1 N–H and O–H groups in total. The Morgan fingerprint density at radius 1 is 0.825 bits per heavy atom. The van der Waals surface area contributed by atoms with Gasteiger partial charge in [0.15, 0.2) is 0 Å². The molecule has 1 heterocycles. The first kappa shape index (κ1) is 30.8. The predicted octanol–water partition coefficient (Wildman–Crippen LogP) is 4.98. The van der Waals surface area contributed by atoms with Gasteiger partial charge in [-0.2, -0.15) is 8.61 Å². The first-order chi connectivity index (χ1) is 19.0. The molecule has 214 valence electrons. The third kappa shape index (κ3) is 7.36. The summed E-state index contributed by atoms with van der Waals surface area (Å²) in [5, 5.41) is 3.67.